The van der Waals surface area contributed by atoms with Crippen LogP contribution in [0.1, 0.15) is 38.7 Å². The third-order valence-corrected chi connectivity index (χ3v) is 2.55. The largest absolute Gasteiger partial charge is 0.508 e. The molecule has 0 bridgehead atoms. The van der Waals surface area contributed by atoms with Gasteiger partial charge in [-0.3, -0.25) is 4.79 Å². The van der Waals surface area contributed by atoms with Gasteiger partial charge in [-0.15, -0.1) is 0 Å². The van der Waals surface area contributed by atoms with Crippen molar-refractivity contribution in [2.24, 2.45) is 5.73 Å². The van der Waals surface area contributed by atoms with Crippen molar-refractivity contribution in [3.63, 3.8) is 0 Å². The molecule has 0 radical (unpaired) electrons. The van der Waals surface area contributed by atoms with Gasteiger partial charge in [0.1, 0.15) is 11.8 Å². The minimum atomic E-state index is -0.787. The number of hydrogen-bond acceptors (Lipinski definition) is 4. The Morgan fingerprint density at radius 2 is 1.84 bits per heavy atom. The van der Waals surface area contributed by atoms with Gasteiger partial charge < -0.3 is 10.8 Å². The molecule has 104 valence electrons. The molecule has 19 heavy (non-hydrogen) atoms. The maximum absolute atomic E-state index is 10.8. The molecule has 1 aromatic carbocycles. The smallest absolute Gasteiger partial charge is 0.248 e. The number of nitrogens with two attached hydrogens (primary N) is 1. The summed E-state index contributed by atoms with van der Waals surface area (Å²) in [6.07, 6.45) is 4.39. The summed E-state index contributed by atoms with van der Waals surface area (Å²) in [5.74, 6) is -0.466. The van der Waals surface area contributed by atoms with Crippen LogP contribution in [0.2, 0.25) is 0 Å². The number of benzene rings is 1. The third-order valence-electron chi connectivity index (χ3n) is 2.55. The molecule has 0 spiro atoms. The van der Waals surface area contributed by atoms with Crippen molar-refractivity contribution >= 4 is 5.78 Å². The predicted molar refractivity (Wildman–Crippen MR) is 75.6 cm³/mol. The van der Waals surface area contributed by atoms with Crippen LogP contribution < -0.4 is 5.73 Å². The Bertz CT molecular complexity index is 405. The third kappa shape index (κ3) is 7.96. The fraction of sp³-hybridized carbons (Fsp3) is 0.467. The lowest BCUT2D eigenvalue weighted by molar-refractivity contribution is -0.115. The number of nitriles is 1. The number of rotatable bonds is 5. The Morgan fingerprint density at radius 1 is 1.32 bits per heavy atom. The molecule has 3 N–H and O–H groups in total. The summed E-state index contributed by atoms with van der Waals surface area (Å²) >= 11 is 0. The van der Waals surface area contributed by atoms with Gasteiger partial charge in [-0.05, 0) is 24.1 Å². The molecule has 0 saturated carbocycles. The van der Waals surface area contributed by atoms with Gasteiger partial charge in [-0.2, -0.15) is 5.26 Å². The van der Waals surface area contributed by atoms with Crippen molar-refractivity contribution < 1.29 is 9.90 Å². The Balaban J connectivity index is 0.000000555. The van der Waals surface area contributed by atoms with Gasteiger partial charge in [0.05, 0.1) is 6.04 Å². The second-order valence-corrected chi connectivity index (χ2v) is 4.31. The molecule has 0 aliphatic carbocycles. The zero-order chi connectivity index (χ0) is 14.7. The highest BCUT2D eigenvalue weighted by molar-refractivity contribution is 5.97. The minimum absolute atomic E-state index is 0.161. The first-order chi connectivity index (χ1) is 9.04. The van der Waals surface area contributed by atoms with Crippen LogP contribution in [-0.4, -0.2) is 16.9 Å². The quantitative estimate of drug-likeness (QED) is 0.798. The van der Waals surface area contributed by atoms with Crippen molar-refractivity contribution in [3.05, 3.63) is 29.8 Å². The van der Waals surface area contributed by atoms with E-state index in [9.17, 15) is 4.79 Å². The van der Waals surface area contributed by atoms with Crippen molar-refractivity contribution in [2.45, 2.75) is 45.6 Å². The molecule has 0 aromatic heterocycles. The van der Waals surface area contributed by atoms with E-state index in [4.69, 9.17) is 16.1 Å². The molecule has 4 nitrogen and oxygen atoms in total. The van der Waals surface area contributed by atoms with Crippen LogP contribution in [0.15, 0.2) is 24.3 Å². The highest BCUT2D eigenvalue weighted by Gasteiger charge is 2.12. The van der Waals surface area contributed by atoms with Gasteiger partial charge >= 0.3 is 0 Å². The van der Waals surface area contributed by atoms with Crippen molar-refractivity contribution in [3.8, 4) is 11.8 Å². The standard InChI is InChI=1S/C10H10N2O2.C5H12/c11-6-10(14)9(12)5-7-1-3-8(13)4-2-7;1-3-5-4-2/h1-4,9,13H,5,12H2;3-5H2,1-2H3. The highest BCUT2D eigenvalue weighted by Crippen LogP contribution is 2.10. The van der Waals surface area contributed by atoms with Crippen LogP contribution in [0.3, 0.4) is 0 Å². The second kappa shape index (κ2) is 10.1. The minimum Gasteiger partial charge on any atom is -0.508 e. The number of phenolic OH excluding ortho intramolecular Hbond substituents is 1. The lowest BCUT2D eigenvalue weighted by Crippen LogP contribution is -2.31. The monoisotopic (exact) mass is 262 g/mol. The molecular formula is C15H22N2O2. The number of aromatic hydroxyl groups is 1. The summed E-state index contributed by atoms with van der Waals surface area (Å²) in [5.41, 5.74) is 6.28. The summed E-state index contributed by atoms with van der Waals surface area (Å²) in [7, 11) is 0. The molecule has 1 atom stereocenters. The number of nitrogens with zero attached hydrogens (tertiary/aromatic N) is 1. The van der Waals surface area contributed by atoms with Crippen LogP contribution in [0, 0.1) is 11.3 Å². The molecule has 1 rings (SSSR count). The Kier molecular flexibility index (Phi) is 9.11. The average molecular weight is 262 g/mol. The molecule has 0 aliphatic rings. The topological polar surface area (TPSA) is 87.1 Å². The molecule has 4 heteroatoms. The van der Waals surface area contributed by atoms with E-state index in [1.54, 1.807) is 12.1 Å². The fourth-order valence-corrected chi connectivity index (χ4v) is 1.42. The summed E-state index contributed by atoms with van der Waals surface area (Å²) in [4.78, 5) is 10.8. The Morgan fingerprint density at radius 3 is 2.21 bits per heavy atom. The zero-order valence-corrected chi connectivity index (χ0v) is 11.6. The van der Waals surface area contributed by atoms with Gasteiger partial charge in [0.25, 0.3) is 0 Å². The summed E-state index contributed by atoms with van der Waals surface area (Å²) in [6.45, 7) is 4.42. The van der Waals surface area contributed by atoms with Gasteiger partial charge in [0.15, 0.2) is 0 Å². The summed E-state index contributed by atoms with van der Waals surface area (Å²) < 4.78 is 0. The first-order valence-electron chi connectivity index (χ1n) is 6.52. The SMILES string of the molecule is CCCCC.N#CC(=O)C(N)Cc1ccc(O)cc1. The van der Waals surface area contributed by atoms with Gasteiger partial charge in [-0.1, -0.05) is 45.2 Å². The summed E-state index contributed by atoms with van der Waals surface area (Å²) in [6, 6.07) is 7.05. The first kappa shape index (κ1) is 17.1. The van der Waals surface area contributed by atoms with Crippen LogP contribution in [-0.2, 0) is 11.2 Å². The van der Waals surface area contributed by atoms with E-state index in [1.807, 2.05) is 0 Å². The maximum Gasteiger partial charge on any atom is 0.248 e. The van der Waals surface area contributed by atoms with E-state index in [1.165, 1.54) is 37.5 Å². The van der Waals surface area contributed by atoms with Crippen molar-refractivity contribution in [1.29, 1.82) is 5.26 Å². The van der Waals surface area contributed by atoms with Gasteiger partial charge in [-0.25, -0.2) is 0 Å². The maximum atomic E-state index is 10.8. The molecule has 0 fully saturated rings. The number of Topliss-reactive ketones (excluding diaryl/α,β-unsaturated/α-hetero) is 1. The van der Waals surface area contributed by atoms with Crippen LogP contribution >= 0.6 is 0 Å². The normalized spacial score (nSPS) is 10.8. The number of carbonyl (C=O) groups excluding carboxylic acids is 1. The Labute approximate surface area is 114 Å². The van der Waals surface area contributed by atoms with E-state index < -0.39 is 11.8 Å². The number of hydrogen-bond donors (Lipinski definition) is 2. The molecular weight excluding hydrogens is 240 g/mol. The van der Waals surface area contributed by atoms with Crippen molar-refractivity contribution in [1.82, 2.24) is 0 Å². The zero-order valence-electron chi connectivity index (χ0n) is 11.6. The first-order valence-corrected chi connectivity index (χ1v) is 6.52. The number of unbranched alkanes of at least 4 members (excludes halogenated alkanes) is 2. The summed E-state index contributed by atoms with van der Waals surface area (Å²) in [5, 5.41) is 17.3. The molecule has 0 amide bonds. The molecule has 0 heterocycles. The predicted octanol–water partition coefficient (Wildman–Crippen LogP) is 2.55. The number of ketones is 1. The van der Waals surface area contributed by atoms with Gasteiger partial charge in [0, 0.05) is 0 Å². The van der Waals surface area contributed by atoms with Crippen LogP contribution in [0.25, 0.3) is 0 Å². The van der Waals surface area contributed by atoms with E-state index >= 15 is 0 Å². The molecule has 1 unspecified atom stereocenters. The molecule has 1 aromatic rings. The van der Waals surface area contributed by atoms with Gasteiger partial charge in [0.2, 0.25) is 5.78 Å². The molecule has 0 saturated heterocycles. The van der Waals surface area contributed by atoms with Crippen molar-refractivity contribution in [2.75, 3.05) is 0 Å². The number of phenols is 1. The van der Waals surface area contributed by atoms with Crippen LogP contribution in [0.5, 0.6) is 5.75 Å². The number of carbonyl (C=O) groups is 1. The fourth-order valence-electron chi connectivity index (χ4n) is 1.42. The van der Waals surface area contributed by atoms with E-state index in [0.29, 0.717) is 6.42 Å². The van der Waals surface area contributed by atoms with Crippen LogP contribution in [0.4, 0.5) is 0 Å². The lowest BCUT2D eigenvalue weighted by Gasteiger charge is -2.05. The van der Waals surface area contributed by atoms with E-state index in [2.05, 4.69) is 13.8 Å². The Hall–Kier alpha value is -1.86. The molecule has 0 aliphatic heterocycles. The second-order valence-electron chi connectivity index (χ2n) is 4.31. The van der Waals surface area contributed by atoms with E-state index in [0.717, 1.165) is 5.56 Å². The van der Waals surface area contributed by atoms with E-state index in [-0.39, 0.29) is 5.75 Å². The average Bonchev–Trinajstić information content (AvgIpc) is 2.42. The lowest BCUT2D eigenvalue weighted by atomic mass is 10.0. The highest BCUT2D eigenvalue weighted by atomic mass is 16.3.